The highest BCUT2D eigenvalue weighted by atomic mass is 32.1. The lowest BCUT2D eigenvalue weighted by Gasteiger charge is -2.09. The zero-order valence-electron chi connectivity index (χ0n) is 8.88. The van der Waals surface area contributed by atoms with Gasteiger partial charge < -0.3 is 11.1 Å². The van der Waals surface area contributed by atoms with Gasteiger partial charge in [-0.3, -0.25) is 4.79 Å². The molecule has 1 aliphatic carbocycles. The molecule has 3 N–H and O–H groups in total. The quantitative estimate of drug-likeness (QED) is 0.813. The molecular weight excluding hydrogens is 208 g/mol. The van der Waals surface area contributed by atoms with E-state index in [1.807, 2.05) is 13.0 Å². The van der Waals surface area contributed by atoms with Crippen molar-refractivity contribution in [3.63, 3.8) is 0 Å². The number of amides is 1. The van der Waals surface area contributed by atoms with Crippen LogP contribution < -0.4 is 11.1 Å². The molecule has 0 saturated heterocycles. The molecule has 1 amide bonds. The highest BCUT2D eigenvalue weighted by Gasteiger charge is 2.18. The number of hydrogen-bond acceptors (Lipinski definition) is 3. The second-order valence-electron chi connectivity index (χ2n) is 4.02. The number of thiophene rings is 1. The summed E-state index contributed by atoms with van der Waals surface area (Å²) in [5, 5.41) is 2.88. The van der Waals surface area contributed by atoms with Gasteiger partial charge >= 0.3 is 0 Å². The molecule has 1 heterocycles. The molecule has 0 aromatic carbocycles. The molecule has 0 saturated carbocycles. The Labute approximate surface area is 93.7 Å². The fraction of sp³-hybridized carbons (Fsp3) is 0.545. The molecule has 1 atom stereocenters. The first-order valence-corrected chi connectivity index (χ1v) is 6.15. The van der Waals surface area contributed by atoms with Crippen LogP contribution in [0.4, 0.5) is 0 Å². The number of fused-ring (bicyclic) bond motifs is 1. The molecule has 1 unspecified atom stereocenters. The maximum Gasteiger partial charge on any atom is 0.261 e. The minimum Gasteiger partial charge on any atom is -0.348 e. The van der Waals surface area contributed by atoms with Crippen molar-refractivity contribution in [1.29, 1.82) is 0 Å². The first kappa shape index (κ1) is 10.6. The molecule has 0 radical (unpaired) electrons. The van der Waals surface area contributed by atoms with E-state index in [0.29, 0.717) is 6.54 Å². The molecule has 1 aliphatic rings. The van der Waals surface area contributed by atoms with Gasteiger partial charge in [0.2, 0.25) is 0 Å². The van der Waals surface area contributed by atoms with E-state index < -0.39 is 0 Å². The Bertz CT molecular complexity index is 351. The van der Waals surface area contributed by atoms with Crippen molar-refractivity contribution in [1.82, 2.24) is 5.32 Å². The lowest BCUT2D eigenvalue weighted by molar-refractivity contribution is 0.0945. The summed E-state index contributed by atoms with van der Waals surface area (Å²) in [5.41, 5.74) is 6.83. The molecule has 0 fully saturated rings. The second kappa shape index (κ2) is 4.33. The van der Waals surface area contributed by atoms with Gasteiger partial charge in [0.15, 0.2) is 0 Å². The van der Waals surface area contributed by atoms with Crippen molar-refractivity contribution in [2.24, 2.45) is 5.73 Å². The standard InChI is InChI=1S/C11H16N2OS/c1-7(6-12)13-11(14)10-5-8-3-2-4-9(8)15-10/h5,7H,2-4,6,12H2,1H3,(H,13,14). The molecule has 3 nitrogen and oxygen atoms in total. The molecule has 1 aromatic heterocycles. The van der Waals surface area contributed by atoms with Crippen molar-refractivity contribution in [3.05, 3.63) is 21.4 Å². The van der Waals surface area contributed by atoms with E-state index >= 15 is 0 Å². The van der Waals surface area contributed by atoms with Crippen LogP contribution in [0.2, 0.25) is 0 Å². The summed E-state index contributed by atoms with van der Waals surface area (Å²) in [7, 11) is 0. The average molecular weight is 224 g/mol. The van der Waals surface area contributed by atoms with Crippen molar-refractivity contribution < 1.29 is 4.79 Å². The minimum atomic E-state index is 0.0207. The summed E-state index contributed by atoms with van der Waals surface area (Å²) in [6, 6.07) is 2.08. The van der Waals surface area contributed by atoms with Crippen LogP contribution in [0.5, 0.6) is 0 Å². The Kier molecular flexibility index (Phi) is 3.07. The van der Waals surface area contributed by atoms with Crippen molar-refractivity contribution >= 4 is 17.2 Å². The maximum absolute atomic E-state index is 11.8. The molecular formula is C11H16N2OS. The molecule has 1 aromatic rings. The topological polar surface area (TPSA) is 55.1 Å². The predicted molar refractivity (Wildman–Crippen MR) is 62.3 cm³/mol. The minimum absolute atomic E-state index is 0.0207. The third kappa shape index (κ3) is 2.21. The summed E-state index contributed by atoms with van der Waals surface area (Å²) in [4.78, 5) is 14.0. The summed E-state index contributed by atoms with van der Waals surface area (Å²) >= 11 is 1.63. The first-order valence-electron chi connectivity index (χ1n) is 5.33. The number of carbonyl (C=O) groups excluding carboxylic acids is 1. The van der Waals surface area contributed by atoms with Crippen LogP contribution in [0.1, 0.15) is 33.5 Å². The molecule has 2 rings (SSSR count). The molecule has 4 heteroatoms. The normalized spacial score (nSPS) is 16.1. The lowest BCUT2D eigenvalue weighted by Crippen LogP contribution is -2.37. The number of rotatable bonds is 3. The molecule has 15 heavy (non-hydrogen) atoms. The van der Waals surface area contributed by atoms with Gasteiger partial charge in [-0.2, -0.15) is 0 Å². The van der Waals surface area contributed by atoms with E-state index in [1.165, 1.54) is 16.9 Å². The Balaban J connectivity index is 2.06. The predicted octanol–water partition coefficient (Wildman–Crippen LogP) is 1.31. The number of nitrogens with one attached hydrogen (secondary N) is 1. The van der Waals surface area contributed by atoms with Gasteiger partial charge in [0.25, 0.3) is 5.91 Å². The van der Waals surface area contributed by atoms with Gasteiger partial charge in [-0.1, -0.05) is 0 Å². The SMILES string of the molecule is CC(CN)NC(=O)c1cc2c(s1)CCC2. The van der Waals surface area contributed by atoms with Crippen LogP contribution in [0.15, 0.2) is 6.07 Å². The molecule has 82 valence electrons. The summed E-state index contributed by atoms with van der Waals surface area (Å²) in [6.07, 6.45) is 3.51. The van der Waals surface area contributed by atoms with Gasteiger partial charge in [-0.05, 0) is 37.8 Å². The van der Waals surface area contributed by atoms with Crippen molar-refractivity contribution in [2.75, 3.05) is 6.54 Å². The number of carbonyl (C=O) groups is 1. The fourth-order valence-electron chi connectivity index (χ4n) is 1.79. The maximum atomic E-state index is 11.8. The largest absolute Gasteiger partial charge is 0.348 e. The number of nitrogens with two attached hydrogens (primary N) is 1. The van der Waals surface area contributed by atoms with Gasteiger partial charge in [-0.15, -0.1) is 11.3 Å². The van der Waals surface area contributed by atoms with Crippen LogP contribution in [0, 0.1) is 0 Å². The third-order valence-electron chi connectivity index (χ3n) is 2.70. The Hall–Kier alpha value is -0.870. The Morgan fingerprint density at radius 1 is 1.67 bits per heavy atom. The van der Waals surface area contributed by atoms with Crippen LogP contribution in [-0.2, 0) is 12.8 Å². The zero-order chi connectivity index (χ0) is 10.8. The van der Waals surface area contributed by atoms with E-state index in [9.17, 15) is 4.79 Å². The van der Waals surface area contributed by atoms with Crippen LogP contribution in [-0.4, -0.2) is 18.5 Å². The van der Waals surface area contributed by atoms with E-state index in [4.69, 9.17) is 5.73 Å². The van der Waals surface area contributed by atoms with Crippen LogP contribution in [0.3, 0.4) is 0 Å². The highest BCUT2D eigenvalue weighted by Crippen LogP contribution is 2.30. The zero-order valence-corrected chi connectivity index (χ0v) is 9.69. The lowest BCUT2D eigenvalue weighted by atomic mass is 10.2. The van der Waals surface area contributed by atoms with Gasteiger partial charge in [0, 0.05) is 17.5 Å². The molecule has 0 aliphatic heterocycles. The van der Waals surface area contributed by atoms with Gasteiger partial charge in [0.1, 0.15) is 0 Å². The number of aryl methyl sites for hydroxylation is 2. The molecule has 0 spiro atoms. The smallest absolute Gasteiger partial charge is 0.261 e. The first-order chi connectivity index (χ1) is 7.20. The monoisotopic (exact) mass is 224 g/mol. The summed E-state index contributed by atoms with van der Waals surface area (Å²) < 4.78 is 0. The van der Waals surface area contributed by atoms with E-state index in [1.54, 1.807) is 11.3 Å². The summed E-state index contributed by atoms with van der Waals surface area (Å²) in [5.74, 6) is 0.0207. The number of hydrogen-bond donors (Lipinski definition) is 2. The van der Waals surface area contributed by atoms with E-state index in [0.717, 1.165) is 17.7 Å². The van der Waals surface area contributed by atoms with Crippen LogP contribution >= 0.6 is 11.3 Å². The Morgan fingerprint density at radius 3 is 3.13 bits per heavy atom. The van der Waals surface area contributed by atoms with Gasteiger partial charge in [-0.25, -0.2) is 0 Å². The van der Waals surface area contributed by atoms with Crippen molar-refractivity contribution in [3.8, 4) is 0 Å². The van der Waals surface area contributed by atoms with Gasteiger partial charge in [0.05, 0.1) is 4.88 Å². The molecule has 0 bridgehead atoms. The van der Waals surface area contributed by atoms with Crippen molar-refractivity contribution in [2.45, 2.75) is 32.2 Å². The van der Waals surface area contributed by atoms with E-state index in [2.05, 4.69) is 5.32 Å². The van der Waals surface area contributed by atoms with Crippen LogP contribution in [0.25, 0.3) is 0 Å². The highest BCUT2D eigenvalue weighted by molar-refractivity contribution is 7.14. The van der Waals surface area contributed by atoms with E-state index in [-0.39, 0.29) is 11.9 Å². The fourth-order valence-corrected chi connectivity index (χ4v) is 2.95. The summed E-state index contributed by atoms with van der Waals surface area (Å²) in [6.45, 7) is 2.40. The Morgan fingerprint density at radius 2 is 2.47 bits per heavy atom. The average Bonchev–Trinajstić information content (AvgIpc) is 2.76. The third-order valence-corrected chi connectivity index (χ3v) is 3.94. The second-order valence-corrected chi connectivity index (χ2v) is 5.16.